The van der Waals surface area contributed by atoms with Crippen molar-refractivity contribution in [2.75, 3.05) is 18.2 Å². The van der Waals surface area contributed by atoms with Gasteiger partial charge in [-0.05, 0) is 18.2 Å². The third kappa shape index (κ3) is 2.64. The molecule has 6 heteroatoms. The molecule has 6 nitrogen and oxygen atoms in total. The number of para-hydroxylation sites is 1. The number of anilines is 2. The number of ether oxygens (including phenoxy) is 1. The number of nitrogens with two attached hydrogens (primary N) is 1. The number of methoxy groups -OCH3 is 1. The Hall–Kier alpha value is -2.76. The maximum Gasteiger partial charge on any atom is 0.257 e. The molecule has 20 heavy (non-hydrogen) atoms. The number of hydrogen-bond donors (Lipinski definition) is 2. The van der Waals surface area contributed by atoms with Gasteiger partial charge in [0.1, 0.15) is 5.75 Å². The quantitative estimate of drug-likeness (QED) is 0.823. The van der Waals surface area contributed by atoms with Crippen molar-refractivity contribution in [3.63, 3.8) is 0 Å². The number of amides is 1. The van der Waals surface area contributed by atoms with E-state index in [1.807, 2.05) is 0 Å². The van der Waals surface area contributed by atoms with Crippen molar-refractivity contribution in [1.82, 2.24) is 4.57 Å². The highest BCUT2D eigenvalue weighted by atomic mass is 16.5. The molecular formula is C14H15N3O3. The lowest BCUT2D eigenvalue weighted by Gasteiger charge is -2.10. The van der Waals surface area contributed by atoms with E-state index in [-0.39, 0.29) is 17.2 Å². The molecule has 1 amide bonds. The van der Waals surface area contributed by atoms with Gasteiger partial charge in [-0.15, -0.1) is 0 Å². The Bertz CT molecular complexity index is 707. The van der Waals surface area contributed by atoms with Gasteiger partial charge in [-0.25, -0.2) is 0 Å². The summed E-state index contributed by atoms with van der Waals surface area (Å²) in [4.78, 5) is 23.4. The van der Waals surface area contributed by atoms with Gasteiger partial charge in [0.05, 0.1) is 24.0 Å². The van der Waals surface area contributed by atoms with E-state index in [0.29, 0.717) is 17.0 Å². The van der Waals surface area contributed by atoms with Gasteiger partial charge in [0.2, 0.25) is 5.56 Å². The normalized spacial score (nSPS) is 10.1. The Morgan fingerprint density at radius 2 is 2.05 bits per heavy atom. The molecule has 1 aromatic heterocycles. The summed E-state index contributed by atoms with van der Waals surface area (Å²) in [5, 5.41) is 2.68. The lowest BCUT2D eigenvalue weighted by Crippen LogP contribution is -2.18. The number of nitrogens with zero attached hydrogens (tertiary/aromatic N) is 1. The second-order valence-electron chi connectivity index (χ2n) is 4.24. The van der Waals surface area contributed by atoms with Crippen molar-refractivity contribution in [3.05, 3.63) is 52.4 Å². The Morgan fingerprint density at radius 3 is 2.70 bits per heavy atom. The molecule has 0 atom stereocenters. The molecule has 1 heterocycles. The predicted octanol–water partition coefficient (Wildman–Crippen LogP) is 1.23. The van der Waals surface area contributed by atoms with E-state index in [1.54, 1.807) is 25.2 Å². The lowest BCUT2D eigenvalue weighted by atomic mass is 10.1. The van der Waals surface area contributed by atoms with Gasteiger partial charge in [0.15, 0.2) is 0 Å². The standard InChI is InChI=1S/C14H15N3O3/c1-17-8-9(6-7-12(17)18)16-14(19)10-4-3-5-11(20-2)13(10)15/h3-8H,15H2,1-2H3,(H,16,19). The first-order chi connectivity index (χ1) is 9.52. The summed E-state index contributed by atoms with van der Waals surface area (Å²) in [7, 11) is 3.10. The molecule has 0 saturated heterocycles. The molecule has 0 saturated carbocycles. The van der Waals surface area contributed by atoms with Gasteiger partial charge in [-0.3, -0.25) is 9.59 Å². The molecule has 0 unspecified atom stereocenters. The summed E-state index contributed by atoms with van der Waals surface area (Å²) in [6, 6.07) is 7.89. The number of carbonyl (C=O) groups excluding carboxylic acids is 1. The number of aromatic nitrogens is 1. The monoisotopic (exact) mass is 273 g/mol. The first kappa shape index (κ1) is 13.7. The van der Waals surface area contributed by atoms with Crippen molar-refractivity contribution in [2.24, 2.45) is 7.05 Å². The van der Waals surface area contributed by atoms with Gasteiger partial charge in [-0.2, -0.15) is 0 Å². The molecule has 0 spiro atoms. The number of nitrogens with one attached hydrogen (secondary N) is 1. The smallest absolute Gasteiger partial charge is 0.257 e. The number of rotatable bonds is 3. The average molecular weight is 273 g/mol. The van der Waals surface area contributed by atoms with Gasteiger partial charge >= 0.3 is 0 Å². The van der Waals surface area contributed by atoms with Gasteiger partial charge in [0.25, 0.3) is 5.91 Å². The number of nitrogen functional groups attached to an aromatic ring is 1. The predicted molar refractivity (Wildman–Crippen MR) is 77.0 cm³/mol. The van der Waals surface area contributed by atoms with Crippen molar-refractivity contribution < 1.29 is 9.53 Å². The van der Waals surface area contributed by atoms with Crippen molar-refractivity contribution >= 4 is 17.3 Å². The van der Waals surface area contributed by atoms with Crippen LogP contribution in [0.4, 0.5) is 11.4 Å². The maximum atomic E-state index is 12.2. The fraction of sp³-hybridized carbons (Fsp3) is 0.143. The minimum atomic E-state index is -0.361. The van der Waals surface area contributed by atoms with E-state index >= 15 is 0 Å². The van der Waals surface area contributed by atoms with E-state index in [9.17, 15) is 9.59 Å². The average Bonchev–Trinajstić information content (AvgIpc) is 2.43. The minimum Gasteiger partial charge on any atom is -0.495 e. The minimum absolute atomic E-state index is 0.149. The maximum absolute atomic E-state index is 12.2. The summed E-state index contributed by atoms with van der Waals surface area (Å²) >= 11 is 0. The number of aryl methyl sites for hydroxylation is 1. The second kappa shape index (κ2) is 5.48. The van der Waals surface area contributed by atoms with E-state index in [2.05, 4.69) is 5.32 Å². The lowest BCUT2D eigenvalue weighted by molar-refractivity contribution is 0.102. The van der Waals surface area contributed by atoms with Crippen molar-refractivity contribution in [1.29, 1.82) is 0 Å². The number of pyridine rings is 1. The van der Waals surface area contributed by atoms with Crippen LogP contribution in [0.3, 0.4) is 0 Å². The zero-order valence-electron chi connectivity index (χ0n) is 11.2. The first-order valence-electron chi connectivity index (χ1n) is 5.93. The summed E-state index contributed by atoms with van der Waals surface area (Å²) in [6.07, 6.45) is 1.54. The Labute approximate surface area is 115 Å². The largest absolute Gasteiger partial charge is 0.495 e. The van der Waals surface area contributed by atoms with Crippen LogP contribution in [0.2, 0.25) is 0 Å². The highest BCUT2D eigenvalue weighted by Crippen LogP contribution is 2.25. The first-order valence-corrected chi connectivity index (χ1v) is 5.93. The second-order valence-corrected chi connectivity index (χ2v) is 4.24. The van der Waals surface area contributed by atoms with Gasteiger partial charge < -0.3 is 20.4 Å². The Morgan fingerprint density at radius 1 is 1.30 bits per heavy atom. The molecule has 1 aromatic carbocycles. The van der Waals surface area contributed by atoms with Crippen LogP contribution in [-0.2, 0) is 7.05 Å². The van der Waals surface area contributed by atoms with Crippen LogP contribution < -0.4 is 21.3 Å². The van der Waals surface area contributed by atoms with Crippen LogP contribution in [0.5, 0.6) is 5.75 Å². The zero-order chi connectivity index (χ0) is 14.7. The molecule has 3 N–H and O–H groups in total. The fourth-order valence-corrected chi connectivity index (χ4v) is 1.79. The summed E-state index contributed by atoms with van der Waals surface area (Å²) < 4.78 is 6.45. The molecule has 0 aliphatic carbocycles. The highest BCUT2D eigenvalue weighted by molar-refractivity contribution is 6.08. The third-order valence-electron chi connectivity index (χ3n) is 2.87. The summed E-state index contributed by atoms with van der Waals surface area (Å²) in [6.45, 7) is 0. The summed E-state index contributed by atoms with van der Waals surface area (Å²) in [5.41, 5.74) is 6.82. The van der Waals surface area contributed by atoms with Gasteiger partial charge in [0, 0.05) is 19.3 Å². The number of benzene rings is 1. The van der Waals surface area contributed by atoms with E-state index in [0.717, 1.165) is 0 Å². The topological polar surface area (TPSA) is 86.3 Å². The van der Waals surface area contributed by atoms with E-state index in [4.69, 9.17) is 10.5 Å². The van der Waals surface area contributed by atoms with Crippen molar-refractivity contribution in [3.8, 4) is 5.75 Å². The fourth-order valence-electron chi connectivity index (χ4n) is 1.79. The summed E-state index contributed by atoms with van der Waals surface area (Å²) in [5.74, 6) is 0.0816. The van der Waals surface area contributed by atoms with Crippen LogP contribution in [0.1, 0.15) is 10.4 Å². The zero-order valence-corrected chi connectivity index (χ0v) is 11.2. The molecule has 0 aliphatic heterocycles. The van der Waals surface area contributed by atoms with Crippen LogP contribution in [0.25, 0.3) is 0 Å². The van der Waals surface area contributed by atoms with Crippen LogP contribution in [-0.4, -0.2) is 17.6 Å². The van der Waals surface area contributed by atoms with E-state index < -0.39 is 0 Å². The molecule has 0 radical (unpaired) electrons. The highest BCUT2D eigenvalue weighted by Gasteiger charge is 2.13. The molecule has 2 rings (SSSR count). The van der Waals surface area contributed by atoms with Crippen molar-refractivity contribution in [2.45, 2.75) is 0 Å². The van der Waals surface area contributed by atoms with Crippen LogP contribution in [0, 0.1) is 0 Å². The third-order valence-corrected chi connectivity index (χ3v) is 2.87. The molecule has 0 fully saturated rings. The SMILES string of the molecule is COc1cccc(C(=O)Nc2ccc(=O)n(C)c2)c1N. The molecule has 0 aliphatic rings. The van der Waals surface area contributed by atoms with E-state index in [1.165, 1.54) is 30.0 Å². The number of hydrogen-bond acceptors (Lipinski definition) is 4. The van der Waals surface area contributed by atoms with Crippen LogP contribution >= 0.6 is 0 Å². The molecule has 2 aromatic rings. The Kier molecular flexibility index (Phi) is 3.74. The number of carbonyl (C=O) groups is 1. The molecule has 104 valence electrons. The molecular weight excluding hydrogens is 258 g/mol. The Balaban J connectivity index is 2.28. The van der Waals surface area contributed by atoms with Gasteiger partial charge in [-0.1, -0.05) is 6.07 Å². The van der Waals surface area contributed by atoms with Crippen LogP contribution in [0.15, 0.2) is 41.3 Å². The molecule has 0 bridgehead atoms.